The molecule has 5 N–H and O–H groups in total. The number of anilines is 3. The van der Waals surface area contributed by atoms with E-state index in [0.29, 0.717) is 23.2 Å². The summed E-state index contributed by atoms with van der Waals surface area (Å²) in [5.41, 5.74) is 9.01. The summed E-state index contributed by atoms with van der Waals surface area (Å²) >= 11 is 0. The second kappa shape index (κ2) is 10.4. The molecule has 0 bridgehead atoms. The molecule has 11 heteroatoms. The number of alkyl halides is 3. The average molecular weight is 448 g/mol. The van der Waals surface area contributed by atoms with Gasteiger partial charge in [0.1, 0.15) is 18.4 Å². The normalized spacial score (nSPS) is 12.3. The second-order valence-electron chi connectivity index (χ2n) is 6.91. The first kappa shape index (κ1) is 24.4. The molecule has 2 aromatic rings. The molecule has 0 saturated heterocycles. The summed E-state index contributed by atoms with van der Waals surface area (Å²) in [6, 6.07) is 5.01. The van der Waals surface area contributed by atoms with Gasteiger partial charge in [0, 0.05) is 23.7 Å². The molecule has 1 aromatic heterocycles. The number of carbonyl (C=O) groups is 2. The topological polar surface area (TPSA) is 124 Å². The molecule has 2 amide bonds. The Balaban J connectivity index is 2.12. The van der Waals surface area contributed by atoms with Gasteiger partial charge in [-0.2, -0.15) is 13.2 Å². The van der Waals surface area contributed by atoms with Crippen molar-refractivity contribution in [2.75, 3.05) is 17.6 Å². The lowest BCUT2D eigenvalue weighted by atomic mass is 10.1. The number of benzene rings is 1. The summed E-state index contributed by atoms with van der Waals surface area (Å²) < 4.78 is 37.7. The fourth-order valence-corrected chi connectivity index (χ4v) is 2.64. The molecular formula is C21H23F3N6O2. The van der Waals surface area contributed by atoms with Crippen molar-refractivity contribution in [1.82, 2.24) is 15.2 Å². The quantitative estimate of drug-likeness (QED) is 0.346. The van der Waals surface area contributed by atoms with E-state index in [-0.39, 0.29) is 5.82 Å². The van der Waals surface area contributed by atoms with Crippen LogP contribution in [0, 0.1) is 12.3 Å². The average Bonchev–Trinajstić information content (AvgIpc) is 2.73. The van der Waals surface area contributed by atoms with Gasteiger partial charge in [-0.3, -0.25) is 9.59 Å². The van der Waals surface area contributed by atoms with Gasteiger partial charge in [0.25, 0.3) is 0 Å². The van der Waals surface area contributed by atoms with Crippen LogP contribution in [-0.4, -0.2) is 47.2 Å². The molecule has 32 heavy (non-hydrogen) atoms. The Hall–Kier alpha value is -3.89. The molecule has 170 valence electrons. The van der Waals surface area contributed by atoms with Crippen molar-refractivity contribution in [2.45, 2.75) is 26.1 Å². The summed E-state index contributed by atoms with van der Waals surface area (Å²) in [6.45, 7) is 2.09. The van der Waals surface area contributed by atoms with Crippen molar-refractivity contribution in [1.29, 1.82) is 5.41 Å². The van der Waals surface area contributed by atoms with Crippen molar-refractivity contribution in [3.63, 3.8) is 0 Å². The lowest BCUT2D eigenvalue weighted by molar-refractivity contribution is -0.158. The van der Waals surface area contributed by atoms with Crippen molar-refractivity contribution < 1.29 is 22.8 Å². The molecule has 0 radical (unpaired) electrons. The zero-order chi connectivity index (χ0) is 23.9. The Morgan fingerprint density at radius 3 is 2.69 bits per heavy atom. The van der Waals surface area contributed by atoms with Gasteiger partial charge in [-0.15, -0.1) is 0 Å². The van der Waals surface area contributed by atoms with E-state index < -0.39 is 24.7 Å². The Morgan fingerprint density at radius 1 is 1.34 bits per heavy atom. The van der Waals surface area contributed by atoms with E-state index in [1.54, 1.807) is 29.6 Å². The number of nitrogens with zero attached hydrogens (tertiary/aromatic N) is 2. The van der Waals surface area contributed by atoms with Crippen LogP contribution >= 0.6 is 0 Å². The zero-order valence-corrected chi connectivity index (χ0v) is 17.4. The van der Waals surface area contributed by atoms with E-state index in [4.69, 9.17) is 11.1 Å². The van der Waals surface area contributed by atoms with Crippen LogP contribution in [0.5, 0.6) is 0 Å². The second-order valence-corrected chi connectivity index (χ2v) is 6.91. The third kappa shape index (κ3) is 6.56. The van der Waals surface area contributed by atoms with Crippen LogP contribution in [0.2, 0.25) is 0 Å². The van der Waals surface area contributed by atoms with Crippen LogP contribution in [0.15, 0.2) is 36.7 Å². The van der Waals surface area contributed by atoms with E-state index in [0.717, 1.165) is 29.3 Å². The van der Waals surface area contributed by atoms with Crippen molar-refractivity contribution in [2.24, 2.45) is 0 Å². The maximum atomic E-state index is 12.6. The Morgan fingerprint density at radius 2 is 2.06 bits per heavy atom. The monoisotopic (exact) mass is 448 g/mol. The van der Waals surface area contributed by atoms with Crippen molar-refractivity contribution >= 4 is 41.8 Å². The van der Waals surface area contributed by atoms with Crippen molar-refractivity contribution in [3.8, 4) is 0 Å². The number of rotatable bonds is 9. The molecule has 0 saturated carbocycles. The van der Waals surface area contributed by atoms with Gasteiger partial charge in [-0.1, -0.05) is 12.1 Å². The van der Waals surface area contributed by atoms with Gasteiger partial charge in [0.15, 0.2) is 0 Å². The van der Waals surface area contributed by atoms with Crippen LogP contribution in [0.3, 0.4) is 0 Å². The smallest absolute Gasteiger partial charge is 0.383 e. The predicted molar refractivity (Wildman–Crippen MR) is 116 cm³/mol. The predicted octanol–water partition coefficient (Wildman–Crippen LogP) is 3.21. The fraction of sp³-hybridized carbons (Fsp3) is 0.238. The number of carbonyl (C=O) groups excluding carboxylic acids is 2. The first-order valence-electron chi connectivity index (χ1n) is 9.43. The highest BCUT2D eigenvalue weighted by Crippen LogP contribution is 2.25. The van der Waals surface area contributed by atoms with E-state index >= 15 is 0 Å². The lowest BCUT2D eigenvalue weighted by Crippen LogP contribution is -2.46. The number of hydrogen-bond acceptors (Lipinski definition) is 6. The van der Waals surface area contributed by atoms with Gasteiger partial charge in [0.2, 0.25) is 12.3 Å². The number of nitrogen functional groups attached to an aromatic ring is 1. The van der Waals surface area contributed by atoms with E-state index in [1.807, 2.05) is 13.0 Å². The highest BCUT2D eigenvalue weighted by atomic mass is 19.4. The maximum Gasteiger partial charge on any atom is 0.408 e. The highest BCUT2D eigenvalue weighted by molar-refractivity contribution is 5.85. The largest absolute Gasteiger partial charge is 0.408 e. The number of halogens is 3. The minimum atomic E-state index is -4.57. The van der Waals surface area contributed by atoms with E-state index in [9.17, 15) is 22.8 Å². The van der Waals surface area contributed by atoms with Crippen LogP contribution in [0.1, 0.15) is 23.6 Å². The van der Waals surface area contributed by atoms with E-state index in [1.165, 1.54) is 12.4 Å². The first-order chi connectivity index (χ1) is 15.0. The number of nitrogens with one attached hydrogen (secondary N) is 3. The molecule has 0 fully saturated rings. The molecule has 0 aliphatic heterocycles. The molecule has 1 heterocycles. The van der Waals surface area contributed by atoms with Crippen molar-refractivity contribution in [3.05, 3.63) is 53.4 Å². The third-order valence-corrected chi connectivity index (χ3v) is 4.54. The zero-order valence-electron chi connectivity index (χ0n) is 17.4. The number of pyridine rings is 1. The maximum absolute atomic E-state index is 12.6. The lowest BCUT2D eigenvalue weighted by Gasteiger charge is -2.19. The molecule has 0 spiro atoms. The Kier molecular flexibility index (Phi) is 7.94. The molecule has 1 unspecified atom stereocenters. The van der Waals surface area contributed by atoms with Crippen LogP contribution < -0.4 is 16.4 Å². The molecule has 1 aromatic carbocycles. The van der Waals surface area contributed by atoms with Gasteiger partial charge in [-0.05, 0) is 43.2 Å². The molecule has 0 aliphatic rings. The van der Waals surface area contributed by atoms with Gasteiger partial charge >= 0.3 is 6.18 Å². The SMILES string of the molecule is Cc1c(/C=C\N(C=O)CC(=O)NC(C)C(F)(F)F)cccc1Nc1cnc(N)c(C=N)c1. The molecule has 2 rings (SSSR count). The molecule has 1 atom stereocenters. The molecule has 8 nitrogen and oxygen atoms in total. The number of amides is 2. The number of nitrogens with two attached hydrogens (primary N) is 1. The summed E-state index contributed by atoms with van der Waals surface area (Å²) in [4.78, 5) is 28.0. The van der Waals surface area contributed by atoms with Gasteiger partial charge in [-0.25, -0.2) is 4.98 Å². The minimum Gasteiger partial charge on any atom is -0.383 e. The van der Waals surface area contributed by atoms with Gasteiger partial charge < -0.3 is 26.7 Å². The highest BCUT2D eigenvalue weighted by Gasteiger charge is 2.37. The molecule has 0 aliphatic carbocycles. The van der Waals surface area contributed by atoms with Crippen LogP contribution in [0.25, 0.3) is 6.08 Å². The van der Waals surface area contributed by atoms with Crippen LogP contribution in [0.4, 0.5) is 30.4 Å². The third-order valence-electron chi connectivity index (χ3n) is 4.54. The summed E-state index contributed by atoms with van der Waals surface area (Å²) in [5.74, 6) is -0.696. The van der Waals surface area contributed by atoms with Gasteiger partial charge in [0.05, 0.1) is 11.9 Å². The summed E-state index contributed by atoms with van der Waals surface area (Å²) in [7, 11) is 0. The summed E-state index contributed by atoms with van der Waals surface area (Å²) in [6.07, 6.45) is 1.29. The standard InChI is InChI=1S/C21H23F3N6O2/c1-13-15(6-7-30(12-31)11-19(32)28-14(2)21(22,23)24)4-3-5-18(13)29-17-8-16(9-25)20(26)27-10-17/h3-10,12,14,25,29H,11H2,1-2H3,(H2,26,27)(H,28,32)/b7-6-,25-9?. The number of hydrogen-bond donors (Lipinski definition) is 4. The Labute approximate surface area is 182 Å². The minimum absolute atomic E-state index is 0.238. The Bertz CT molecular complexity index is 1020. The first-order valence-corrected chi connectivity index (χ1v) is 9.43. The fourth-order valence-electron chi connectivity index (χ4n) is 2.64. The van der Waals surface area contributed by atoms with Crippen LogP contribution in [-0.2, 0) is 9.59 Å². The summed E-state index contributed by atoms with van der Waals surface area (Å²) in [5, 5.41) is 12.3. The van der Waals surface area contributed by atoms with E-state index in [2.05, 4.69) is 10.3 Å². The number of aromatic nitrogens is 1. The molecular weight excluding hydrogens is 425 g/mol.